The second-order valence-electron chi connectivity index (χ2n) is 5.18. The van der Waals surface area contributed by atoms with Gasteiger partial charge in [0.1, 0.15) is 5.60 Å². The maximum Gasteiger partial charge on any atom is 0.419 e. The minimum absolute atomic E-state index is 0.258. The molecule has 0 aliphatic heterocycles. The number of nitrogens with zero attached hydrogens (tertiary/aromatic N) is 1. The minimum Gasteiger partial charge on any atom is -0.443 e. The maximum atomic E-state index is 12.1. The van der Waals surface area contributed by atoms with Gasteiger partial charge in [-0.25, -0.2) is 4.79 Å². The fourth-order valence-electron chi connectivity index (χ4n) is 1.80. The third-order valence-electron chi connectivity index (χ3n) is 2.51. The summed E-state index contributed by atoms with van der Waals surface area (Å²) in [6.07, 6.45) is 0.999. The summed E-state index contributed by atoms with van der Waals surface area (Å²) in [4.78, 5) is 23.7. The molecular weight excluding hydrogens is 310 g/mol. The Morgan fingerprint density at radius 2 is 1.84 bits per heavy atom. The second-order valence-corrected chi connectivity index (χ2v) is 5.90. The molecule has 0 aliphatic rings. The van der Waals surface area contributed by atoms with Crippen LogP contribution in [0.3, 0.4) is 0 Å². The Bertz CT molecular complexity index is 652. The van der Waals surface area contributed by atoms with Crippen LogP contribution in [0.2, 0.25) is 0 Å². The molecule has 1 aromatic heterocycles. The van der Waals surface area contributed by atoms with Crippen molar-refractivity contribution in [1.29, 1.82) is 0 Å². The van der Waals surface area contributed by atoms with Crippen molar-refractivity contribution in [1.82, 2.24) is 4.57 Å². The molecule has 5 heteroatoms. The Morgan fingerprint density at radius 1 is 1.21 bits per heavy atom. The highest BCUT2D eigenvalue weighted by Crippen LogP contribution is 2.24. The average Bonchev–Trinajstić information content (AvgIpc) is 2.66. The maximum absolute atomic E-state index is 12.1. The minimum atomic E-state index is -0.582. The first-order valence-electron chi connectivity index (χ1n) is 5.83. The molecule has 0 unspecified atom stereocenters. The van der Waals surface area contributed by atoms with Crippen LogP contribution in [-0.2, 0) is 4.74 Å². The fraction of sp³-hybridized carbons (Fsp3) is 0.286. The van der Waals surface area contributed by atoms with Gasteiger partial charge < -0.3 is 4.74 Å². The summed E-state index contributed by atoms with van der Waals surface area (Å²) in [6.45, 7) is 5.40. The summed E-state index contributed by atoms with van der Waals surface area (Å²) in [7, 11) is 0. The lowest BCUT2D eigenvalue weighted by Gasteiger charge is -2.19. The number of ether oxygens (including phenoxy) is 1. The fourth-order valence-corrected chi connectivity index (χ4v) is 2.11. The number of benzene rings is 1. The van der Waals surface area contributed by atoms with Gasteiger partial charge in [0.15, 0.2) is 0 Å². The first kappa shape index (κ1) is 13.8. The van der Waals surface area contributed by atoms with Crippen LogP contribution >= 0.6 is 15.9 Å². The molecule has 2 aromatic rings. The zero-order valence-electron chi connectivity index (χ0n) is 10.9. The summed E-state index contributed by atoms with van der Waals surface area (Å²) in [6, 6.07) is 7.20. The van der Waals surface area contributed by atoms with Crippen LogP contribution in [-0.4, -0.2) is 21.0 Å². The molecule has 2 rings (SSSR count). The van der Waals surface area contributed by atoms with Gasteiger partial charge in [-0.15, -0.1) is 0 Å². The van der Waals surface area contributed by atoms with E-state index >= 15 is 0 Å². The standard InChI is InChI=1S/C14H14BrNO3/c1-14(2,3)19-13(18)16-8-10(12(15)17)9-6-4-5-7-11(9)16/h4-8H,1-3H3. The molecule has 0 radical (unpaired) electrons. The molecule has 0 saturated heterocycles. The first-order valence-corrected chi connectivity index (χ1v) is 6.62. The number of carbonyl (C=O) groups is 2. The van der Waals surface area contributed by atoms with Gasteiger partial charge in [0.05, 0.1) is 11.1 Å². The first-order chi connectivity index (χ1) is 8.79. The summed E-state index contributed by atoms with van der Waals surface area (Å²) < 4.78 is 6.42. The van der Waals surface area contributed by atoms with Gasteiger partial charge in [0, 0.05) is 11.6 Å². The van der Waals surface area contributed by atoms with E-state index in [9.17, 15) is 9.59 Å². The Morgan fingerprint density at radius 3 is 2.42 bits per heavy atom. The summed E-state index contributed by atoms with van der Waals surface area (Å²) in [5.74, 6) is 0. The zero-order valence-corrected chi connectivity index (χ0v) is 12.5. The van der Waals surface area contributed by atoms with Crippen LogP contribution in [0.4, 0.5) is 4.79 Å². The number of carbonyl (C=O) groups excluding carboxylic acids is 2. The number of aromatic nitrogens is 1. The topological polar surface area (TPSA) is 48.3 Å². The van der Waals surface area contributed by atoms with Crippen LogP contribution in [0.1, 0.15) is 31.1 Å². The zero-order chi connectivity index (χ0) is 14.2. The Kier molecular flexibility index (Phi) is 3.49. The van der Waals surface area contributed by atoms with Crippen LogP contribution in [0.15, 0.2) is 30.5 Å². The van der Waals surface area contributed by atoms with Gasteiger partial charge in [0.2, 0.25) is 4.69 Å². The lowest BCUT2D eigenvalue weighted by Crippen LogP contribution is -2.26. The largest absolute Gasteiger partial charge is 0.443 e. The van der Waals surface area contributed by atoms with E-state index in [-0.39, 0.29) is 4.69 Å². The van der Waals surface area contributed by atoms with Crippen molar-refractivity contribution in [2.45, 2.75) is 26.4 Å². The number of halogens is 1. The Hall–Kier alpha value is -1.62. The third-order valence-corrected chi connectivity index (χ3v) is 2.94. The van der Waals surface area contributed by atoms with Crippen molar-refractivity contribution >= 4 is 37.6 Å². The molecule has 100 valence electrons. The van der Waals surface area contributed by atoms with Crippen molar-refractivity contribution in [3.05, 3.63) is 36.0 Å². The van der Waals surface area contributed by atoms with E-state index < -0.39 is 11.7 Å². The van der Waals surface area contributed by atoms with E-state index in [0.29, 0.717) is 11.1 Å². The van der Waals surface area contributed by atoms with Gasteiger partial charge in [0.25, 0.3) is 0 Å². The highest BCUT2D eigenvalue weighted by molar-refractivity contribution is 9.18. The number of hydrogen-bond donors (Lipinski definition) is 0. The van der Waals surface area contributed by atoms with Gasteiger partial charge in [-0.1, -0.05) is 18.2 Å². The van der Waals surface area contributed by atoms with Crippen molar-refractivity contribution in [2.75, 3.05) is 0 Å². The molecule has 0 spiro atoms. The molecule has 1 heterocycles. The van der Waals surface area contributed by atoms with Crippen LogP contribution in [0.25, 0.3) is 10.9 Å². The molecule has 0 N–H and O–H groups in total. The Balaban J connectivity index is 2.55. The van der Waals surface area contributed by atoms with Crippen molar-refractivity contribution < 1.29 is 14.3 Å². The quantitative estimate of drug-likeness (QED) is 0.746. The van der Waals surface area contributed by atoms with E-state index in [2.05, 4.69) is 15.9 Å². The Labute approximate surface area is 119 Å². The summed E-state index contributed by atoms with van der Waals surface area (Å²) in [5, 5.41) is 0.718. The predicted octanol–water partition coefficient (Wildman–Crippen LogP) is 3.96. The smallest absolute Gasteiger partial charge is 0.419 e. The van der Waals surface area contributed by atoms with Gasteiger partial charge in [-0.05, 0) is 42.8 Å². The number of hydrogen-bond acceptors (Lipinski definition) is 3. The molecule has 0 amide bonds. The molecular formula is C14H14BrNO3. The van der Waals surface area contributed by atoms with Gasteiger partial charge >= 0.3 is 6.09 Å². The van der Waals surface area contributed by atoms with Crippen LogP contribution in [0, 0.1) is 0 Å². The van der Waals surface area contributed by atoms with E-state index in [0.717, 1.165) is 5.39 Å². The normalized spacial score (nSPS) is 11.6. The van der Waals surface area contributed by atoms with Gasteiger partial charge in [-0.3, -0.25) is 9.36 Å². The lowest BCUT2D eigenvalue weighted by atomic mass is 10.2. The van der Waals surface area contributed by atoms with E-state index in [1.165, 1.54) is 10.8 Å². The van der Waals surface area contributed by atoms with Crippen LogP contribution in [0.5, 0.6) is 0 Å². The number of para-hydroxylation sites is 1. The highest BCUT2D eigenvalue weighted by atomic mass is 79.9. The van der Waals surface area contributed by atoms with Crippen molar-refractivity contribution in [2.24, 2.45) is 0 Å². The molecule has 0 fully saturated rings. The van der Waals surface area contributed by atoms with E-state index in [1.807, 2.05) is 12.1 Å². The molecule has 1 aromatic carbocycles. The predicted molar refractivity (Wildman–Crippen MR) is 76.8 cm³/mol. The molecule has 0 saturated carbocycles. The van der Waals surface area contributed by atoms with Crippen molar-refractivity contribution in [3.63, 3.8) is 0 Å². The third kappa shape index (κ3) is 2.87. The highest BCUT2D eigenvalue weighted by Gasteiger charge is 2.21. The molecule has 4 nitrogen and oxygen atoms in total. The lowest BCUT2D eigenvalue weighted by molar-refractivity contribution is 0.0544. The van der Waals surface area contributed by atoms with Crippen LogP contribution < -0.4 is 0 Å². The summed E-state index contributed by atoms with van der Waals surface area (Å²) in [5.41, 5.74) is 0.516. The second kappa shape index (κ2) is 4.81. The number of rotatable bonds is 1. The molecule has 0 bridgehead atoms. The van der Waals surface area contributed by atoms with Gasteiger partial charge in [-0.2, -0.15) is 0 Å². The SMILES string of the molecule is CC(C)(C)OC(=O)n1cc(C(=O)Br)c2ccccc21. The molecule has 19 heavy (non-hydrogen) atoms. The number of fused-ring (bicyclic) bond motifs is 1. The van der Waals surface area contributed by atoms with Crippen molar-refractivity contribution in [3.8, 4) is 0 Å². The monoisotopic (exact) mass is 323 g/mol. The average molecular weight is 324 g/mol. The summed E-state index contributed by atoms with van der Waals surface area (Å²) >= 11 is 2.92. The van der Waals surface area contributed by atoms with E-state index in [1.54, 1.807) is 32.9 Å². The van der Waals surface area contributed by atoms with E-state index in [4.69, 9.17) is 4.74 Å². The molecule has 0 atom stereocenters. The molecule has 0 aliphatic carbocycles.